The van der Waals surface area contributed by atoms with Crippen LogP contribution in [-0.2, 0) is 9.59 Å². The average molecular weight is 475 g/mol. The van der Waals surface area contributed by atoms with Crippen molar-refractivity contribution in [1.29, 1.82) is 0 Å². The largest absolute Gasteiger partial charge is 0.340 e. The summed E-state index contributed by atoms with van der Waals surface area (Å²) in [6.07, 6.45) is 1.13. The molecule has 3 aromatic rings. The van der Waals surface area contributed by atoms with Gasteiger partial charge in [0.05, 0.1) is 10.2 Å². The van der Waals surface area contributed by atoms with Gasteiger partial charge >= 0.3 is 0 Å². The summed E-state index contributed by atoms with van der Waals surface area (Å²) < 4.78 is 28.6. The van der Waals surface area contributed by atoms with E-state index in [1.807, 2.05) is 6.92 Å². The SMILES string of the molecule is CCCC(=O)Nc1nc2ccc(NC(=O)C(NC(=O)c3c(F)cccc3F)C(C)C)cc2s1. The molecular weight excluding hydrogens is 450 g/mol. The van der Waals surface area contributed by atoms with E-state index in [0.717, 1.165) is 29.3 Å². The number of nitrogens with one attached hydrogen (secondary N) is 3. The Morgan fingerprint density at radius 1 is 1.06 bits per heavy atom. The number of thiazole rings is 1. The maximum absolute atomic E-state index is 13.9. The highest BCUT2D eigenvalue weighted by Gasteiger charge is 2.27. The first-order valence-electron chi connectivity index (χ1n) is 10.5. The van der Waals surface area contributed by atoms with Gasteiger partial charge in [-0.1, -0.05) is 38.2 Å². The fraction of sp³-hybridized carbons (Fsp3) is 0.304. The monoisotopic (exact) mass is 474 g/mol. The van der Waals surface area contributed by atoms with Gasteiger partial charge in [-0.3, -0.25) is 14.4 Å². The molecule has 0 spiro atoms. The van der Waals surface area contributed by atoms with Crippen molar-refractivity contribution >= 4 is 50.1 Å². The van der Waals surface area contributed by atoms with Gasteiger partial charge < -0.3 is 16.0 Å². The van der Waals surface area contributed by atoms with Gasteiger partial charge in [0.1, 0.15) is 23.2 Å². The quantitative estimate of drug-likeness (QED) is 0.440. The van der Waals surface area contributed by atoms with Crippen molar-refractivity contribution in [2.45, 2.75) is 39.7 Å². The number of amides is 3. The van der Waals surface area contributed by atoms with E-state index < -0.39 is 35.1 Å². The zero-order valence-electron chi connectivity index (χ0n) is 18.4. The highest BCUT2D eigenvalue weighted by atomic mass is 32.1. The fourth-order valence-electron chi connectivity index (χ4n) is 3.15. The predicted molar refractivity (Wildman–Crippen MR) is 124 cm³/mol. The number of nitrogens with zero attached hydrogens (tertiary/aromatic N) is 1. The standard InChI is InChI=1S/C23H24F2N4O3S/c1-4-6-18(30)28-23-27-16-10-9-13(11-17(16)33-23)26-22(32)20(12(2)3)29-21(31)19-14(24)7-5-8-15(19)25/h5,7-12,20H,4,6H2,1-3H3,(H,26,32)(H,29,31)(H,27,28,30). The Morgan fingerprint density at radius 3 is 2.39 bits per heavy atom. The number of halogens is 2. The molecule has 3 rings (SSSR count). The van der Waals surface area contributed by atoms with Gasteiger partial charge in [-0.2, -0.15) is 0 Å². The lowest BCUT2D eigenvalue weighted by Gasteiger charge is -2.22. The third kappa shape index (κ3) is 5.89. The molecule has 10 heteroatoms. The van der Waals surface area contributed by atoms with Crippen LogP contribution in [0.1, 0.15) is 44.0 Å². The van der Waals surface area contributed by atoms with Crippen LogP contribution in [0.5, 0.6) is 0 Å². The molecule has 0 aliphatic rings. The second-order valence-electron chi connectivity index (χ2n) is 7.78. The molecular formula is C23H24F2N4O3S. The summed E-state index contributed by atoms with van der Waals surface area (Å²) >= 11 is 1.27. The van der Waals surface area contributed by atoms with Crippen molar-refractivity contribution in [3.8, 4) is 0 Å². The zero-order valence-corrected chi connectivity index (χ0v) is 19.2. The Labute approximate surface area is 193 Å². The smallest absolute Gasteiger partial charge is 0.257 e. The minimum Gasteiger partial charge on any atom is -0.340 e. The second kappa shape index (κ2) is 10.5. The van der Waals surface area contributed by atoms with Crippen LogP contribution in [0.3, 0.4) is 0 Å². The molecule has 0 radical (unpaired) electrons. The van der Waals surface area contributed by atoms with E-state index in [0.29, 0.717) is 22.8 Å². The lowest BCUT2D eigenvalue weighted by Crippen LogP contribution is -2.47. The number of benzene rings is 2. The van der Waals surface area contributed by atoms with Crippen molar-refractivity contribution in [2.24, 2.45) is 5.92 Å². The minimum atomic E-state index is -1.03. The number of anilines is 2. The Kier molecular flexibility index (Phi) is 7.70. The third-order valence-electron chi connectivity index (χ3n) is 4.80. The number of hydrogen-bond donors (Lipinski definition) is 3. The molecule has 1 atom stereocenters. The van der Waals surface area contributed by atoms with E-state index in [-0.39, 0.29) is 11.8 Å². The second-order valence-corrected chi connectivity index (χ2v) is 8.81. The van der Waals surface area contributed by atoms with Crippen molar-refractivity contribution in [2.75, 3.05) is 10.6 Å². The first-order valence-corrected chi connectivity index (χ1v) is 11.3. The van der Waals surface area contributed by atoms with Crippen LogP contribution in [0.2, 0.25) is 0 Å². The summed E-state index contributed by atoms with van der Waals surface area (Å²) in [6, 6.07) is 7.14. The highest BCUT2D eigenvalue weighted by molar-refractivity contribution is 7.22. The van der Waals surface area contributed by atoms with E-state index in [2.05, 4.69) is 20.9 Å². The molecule has 1 aromatic heterocycles. The topological polar surface area (TPSA) is 100 Å². The van der Waals surface area contributed by atoms with Crippen LogP contribution in [0.4, 0.5) is 19.6 Å². The van der Waals surface area contributed by atoms with Gasteiger partial charge in [-0.05, 0) is 42.7 Å². The molecule has 33 heavy (non-hydrogen) atoms. The third-order valence-corrected chi connectivity index (χ3v) is 5.74. The van der Waals surface area contributed by atoms with Gasteiger partial charge in [-0.15, -0.1) is 0 Å². The Bertz CT molecular complexity index is 1180. The van der Waals surface area contributed by atoms with Crippen LogP contribution in [-0.4, -0.2) is 28.7 Å². The highest BCUT2D eigenvalue weighted by Crippen LogP contribution is 2.28. The fourth-order valence-corrected chi connectivity index (χ4v) is 4.07. The molecule has 0 fully saturated rings. The minimum absolute atomic E-state index is 0.119. The molecule has 2 aromatic carbocycles. The van der Waals surface area contributed by atoms with E-state index in [9.17, 15) is 23.2 Å². The van der Waals surface area contributed by atoms with Crippen molar-refractivity contribution in [3.05, 3.63) is 53.6 Å². The van der Waals surface area contributed by atoms with Crippen LogP contribution in [0.15, 0.2) is 36.4 Å². The molecule has 0 bridgehead atoms. The Hall–Kier alpha value is -3.40. The number of hydrogen-bond acceptors (Lipinski definition) is 5. The van der Waals surface area contributed by atoms with E-state index in [1.54, 1.807) is 32.0 Å². The Morgan fingerprint density at radius 2 is 1.76 bits per heavy atom. The summed E-state index contributed by atoms with van der Waals surface area (Å²) in [4.78, 5) is 41.5. The number of carbonyl (C=O) groups excluding carboxylic acids is 3. The summed E-state index contributed by atoms with van der Waals surface area (Å²) in [5, 5.41) is 8.35. The van der Waals surface area contributed by atoms with Crippen LogP contribution in [0, 0.1) is 17.6 Å². The first kappa shape index (κ1) is 24.2. The van der Waals surface area contributed by atoms with Gasteiger partial charge in [0, 0.05) is 12.1 Å². The Balaban J connectivity index is 1.74. The molecule has 0 saturated carbocycles. The number of fused-ring (bicyclic) bond motifs is 1. The van der Waals surface area contributed by atoms with Gasteiger partial charge in [0.15, 0.2) is 5.13 Å². The normalized spacial score (nSPS) is 11.9. The van der Waals surface area contributed by atoms with E-state index >= 15 is 0 Å². The molecule has 0 saturated heterocycles. The van der Waals surface area contributed by atoms with E-state index in [1.165, 1.54) is 11.3 Å². The van der Waals surface area contributed by atoms with E-state index in [4.69, 9.17) is 0 Å². The number of carbonyl (C=O) groups is 3. The molecule has 3 N–H and O–H groups in total. The lowest BCUT2D eigenvalue weighted by molar-refractivity contribution is -0.119. The summed E-state index contributed by atoms with van der Waals surface area (Å²) in [6.45, 7) is 5.33. The molecule has 1 heterocycles. The molecule has 7 nitrogen and oxygen atoms in total. The molecule has 174 valence electrons. The molecule has 3 amide bonds. The maximum Gasteiger partial charge on any atom is 0.257 e. The molecule has 1 unspecified atom stereocenters. The first-order chi connectivity index (χ1) is 15.7. The summed E-state index contributed by atoms with van der Waals surface area (Å²) in [7, 11) is 0. The molecule has 0 aliphatic heterocycles. The van der Waals surface area contributed by atoms with Crippen LogP contribution < -0.4 is 16.0 Å². The summed E-state index contributed by atoms with van der Waals surface area (Å²) in [5.74, 6) is -4.02. The average Bonchev–Trinajstić information content (AvgIpc) is 3.13. The van der Waals surface area contributed by atoms with Gasteiger partial charge in [0.25, 0.3) is 5.91 Å². The number of rotatable bonds is 8. The molecule has 0 aliphatic carbocycles. The predicted octanol–water partition coefficient (Wildman–Crippen LogP) is 4.71. The maximum atomic E-state index is 13.9. The summed E-state index contributed by atoms with van der Waals surface area (Å²) in [5.41, 5.74) is 0.382. The lowest BCUT2D eigenvalue weighted by atomic mass is 10.0. The van der Waals surface area contributed by atoms with Gasteiger partial charge in [0.2, 0.25) is 11.8 Å². The van der Waals surface area contributed by atoms with Crippen LogP contribution >= 0.6 is 11.3 Å². The van der Waals surface area contributed by atoms with Crippen molar-refractivity contribution < 1.29 is 23.2 Å². The zero-order chi connectivity index (χ0) is 24.1. The number of aromatic nitrogens is 1. The van der Waals surface area contributed by atoms with Gasteiger partial charge in [-0.25, -0.2) is 13.8 Å². The van der Waals surface area contributed by atoms with Crippen molar-refractivity contribution in [1.82, 2.24) is 10.3 Å². The van der Waals surface area contributed by atoms with Crippen LogP contribution in [0.25, 0.3) is 10.2 Å². The van der Waals surface area contributed by atoms with Crippen molar-refractivity contribution in [3.63, 3.8) is 0 Å².